The van der Waals surface area contributed by atoms with Crippen LogP contribution in [0.5, 0.6) is 0 Å². The minimum Gasteiger partial charge on any atom is -0.340 e. The lowest BCUT2D eigenvalue weighted by Crippen LogP contribution is -2.65. The molecule has 1 saturated heterocycles. The van der Waals surface area contributed by atoms with Gasteiger partial charge in [-0.3, -0.25) is 9.59 Å². The van der Waals surface area contributed by atoms with Gasteiger partial charge in [-0.15, -0.1) is 0 Å². The summed E-state index contributed by atoms with van der Waals surface area (Å²) in [6.07, 6.45) is 3.32. The number of carbonyl (C=O) groups excluding carboxylic acids is 2. The highest BCUT2D eigenvalue weighted by molar-refractivity contribution is 5.98. The van der Waals surface area contributed by atoms with Gasteiger partial charge in [0.25, 0.3) is 0 Å². The maximum absolute atomic E-state index is 13.4. The largest absolute Gasteiger partial charge is 0.340 e. The molecule has 0 unspecified atom stereocenters. The van der Waals surface area contributed by atoms with E-state index >= 15 is 0 Å². The fourth-order valence-corrected chi connectivity index (χ4v) is 3.37. The number of piperazine rings is 1. The van der Waals surface area contributed by atoms with Crippen molar-refractivity contribution in [2.45, 2.75) is 44.7 Å². The van der Waals surface area contributed by atoms with Crippen molar-refractivity contribution in [3.63, 3.8) is 0 Å². The van der Waals surface area contributed by atoms with Crippen LogP contribution in [0.2, 0.25) is 0 Å². The fraction of sp³-hybridized carbons (Fsp3) is 0.500. The van der Waals surface area contributed by atoms with E-state index in [1.54, 1.807) is 11.0 Å². The van der Waals surface area contributed by atoms with Gasteiger partial charge in [-0.25, -0.2) is 4.39 Å². The molecule has 2 aliphatic rings. The van der Waals surface area contributed by atoms with E-state index in [2.05, 4.69) is 5.32 Å². The minimum absolute atomic E-state index is 0.0248. The van der Waals surface area contributed by atoms with E-state index in [1.807, 2.05) is 6.92 Å². The summed E-state index contributed by atoms with van der Waals surface area (Å²) in [4.78, 5) is 26.2. The van der Waals surface area contributed by atoms with Crippen LogP contribution >= 0.6 is 0 Å². The predicted molar refractivity (Wildman–Crippen MR) is 75.9 cm³/mol. The first kappa shape index (κ1) is 14.0. The van der Waals surface area contributed by atoms with Gasteiger partial charge in [0.2, 0.25) is 11.8 Å². The Kier molecular flexibility index (Phi) is 3.43. The Labute approximate surface area is 123 Å². The number of aryl methyl sites for hydroxylation is 1. The number of hydrogen-bond acceptors (Lipinski definition) is 2. The molecule has 1 aliphatic heterocycles. The highest BCUT2D eigenvalue weighted by atomic mass is 19.1. The van der Waals surface area contributed by atoms with Gasteiger partial charge < -0.3 is 10.2 Å². The minimum atomic E-state index is -0.712. The van der Waals surface area contributed by atoms with Crippen molar-refractivity contribution in [1.82, 2.24) is 10.2 Å². The van der Waals surface area contributed by atoms with Gasteiger partial charge in [0.05, 0.1) is 6.54 Å². The molecule has 112 valence electrons. The van der Waals surface area contributed by atoms with E-state index in [1.165, 1.54) is 12.1 Å². The van der Waals surface area contributed by atoms with E-state index < -0.39 is 5.54 Å². The lowest BCUT2D eigenvalue weighted by molar-refractivity contribution is -0.150. The molecule has 21 heavy (non-hydrogen) atoms. The standard InChI is InChI=1S/C16H19FN2O2/c1-11-4-5-13(17)8-12(11)9-19-10-14(20)18-16(15(19)21)6-2-3-7-16/h4-5,8H,2-3,6-7,9-10H2,1H3,(H,18,20). The molecule has 4 nitrogen and oxygen atoms in total. The second-order valence-electron chi connectivity index (χ2n) is 6.07. The highest BCUT2D eigenvalue weighted by Gasteiger charge is 2.48. The van der Waals surface area contributed by atoms with Gasteiger partial charge in [-0.05, 0) is 43.0 Å². The molecular weight excluding hydrogens is 271 g/mol. The third-order valence-electron chi connectivity index (χ3n) is 4.54. The number of nitrogens with one attached hydrogen (secondary N) is 1. The molecule has 1 aliphatic carbocycles. The Morgan fingerprint density at radius 3 is 2.71 bits per heavy atom. The molecule has 1 spiro atoms. The zero-order valence-corrected chi connectivity index (χ0v) is 12.1. The Hall–Kier alpha value is -1.91. The number of rotatable bonds is 2. The van der Waals surface area contributed by atoms with Crippen molar-refractivity contribution in [2.75, 3.05) is 6.54 Å². The molecule has 1 aromatic rings. The van der Waals surface area contributed by atoms with Gasteiger partial charge in [0, 0.05) is 6.54 Å². The van der Waals surface area contributed by atoms with Crippen LogP contribution in [0.4, 0.5) is 4.39 Å². The van der Waals surface area contributed by atoms with Crippen LogP contribution in [0.15, 0.2) is 18.2 Å². The van der Waals surface area contributed by atoms with Crippen molar-refractivity contribution in [2.24, 2.45) is 0 Å². The number of hydrogen-bond donors (Lipinski definition) is 1. The molecule has 3 rings (SSSR count). The average molecular weight is 290 g/mol. The third kappa shape index (κ3) is 2.52. The molecule has 0 atom stereocenters. The lowest BCUT2D eigenvalue weighted by Gasteiger charge is -2.39. The summed E-state index contributed by atoms with van der Waals surface area (Å²) >= 11 is 0. The Bertz CT molecular complexity index is 594. The summed E-state index contributed by atoms with van der Waals surface area (Å²) in [5.41, 5.74) is 0.971. The molecule has 0 radical (unpaired) electrons. The second-order valence-corrected chi connectivity index (χ2v) is 6.07. The van der Waals surface area contributed by atoms with Crippen molar-refractivity contribution in [1.29, 1.82) is 0 Å². The Balaban J connectivity index is 1.85. The normalized spacial score (nSPS) is 21.0. The maximum atomic E-state index is 13.4. The molecular formula is C16H19FN2O2. The van der Waals surface area contributed by atoms with Crippen LogP contribution in [-0.4, -0.2) is 28.8 Å². The molecule has 1 N–H and O–H groups in total. The maximum Gasteiger partial charge on any atom is 0.249 e. The van der Waals surface area contributed by atoms with Crippen LogP contribution in [0.3, 0.4) is 0 Å². The van der Waals surface area contributed by atoms with Gasteiger partial charge in [0.15, 0.2) is 0 Å². The molecule has 1 saturated carbocycles. The number of nitrogens with zero attached hydrogens (tertiary/aromatic N) is 1. The topological polar surface area (TPSA) is 49.4 Å². The van der Waals surface area contributed by atoms with Crippen molar-refractivity contribution < 1.29 is 14.0 Å². The van der Waals surface area contributed by atoms with Gasteiger partial charge in [0.1, 0.15) is 11.4 Å². The zero-order valence-electron chi connectivity index (χ0n) is 12.1. The smallest absolute Gasteiger partial charge is 0.249 e. The number of carbonyl (C=O) groups is 2. The number of amides is 2. The fourth-order valence-electron chi connectivity index (χ4n) is 3.37. The van der Waals surface area contributed by atoms with Crippen molar-refractivity contribution >= 4 is 11.8 Å². The molecule has 1 heterocycles. The van der Waals surface area contributed by atoms with Crippen LogP contribution < -0.4 is 5.32 Å². The molecule has 2 fully saturated rings. The predicted octanol–water partition coefficient (Wildman–Crippen LogP) is 1.91. The van der Waals surface area contributed by atoms with E-state index in [4.69, 9.17) is 0 Å². The van der Waals surface area contributed by atoms with E-state index in [-0.39, 0.29) is 30.7 Å². The summed E-state index contributed by atoms with van der Waals surface area (Å²) in [6, 6.07) is 4.54. The van der Waals surface area contributed by atoms with Crippen LogP contribution in [0, 0.1) is 12.7 Å². The average Bonchev–Trinajstić information content (AvgIpc) is 2.89. The Morgan fingerprint density at radius 1 is 1.29 bits per heavy atom. The first-order chi connectivity index (χ1) is 10.00. The lowest BCUT2D eigenvalue weighted by atomic mass is 9.92. The summed E-state index contributed by atoms with van der Waals surface area (Å²) < 4.78 is 13.4. The number of halogens is 1. The summed E-state index contributed by atoms with van der Waals surface area (Å²) in [5, 5.41) is 2.88. The first-order valence-electron chi connectivity index (χ1n) is 7.36. The second kappa shape index (κ2) is 5.13. The quantitative estimate of drug-likeness (QED) is 0.904. The molecule has 5 heteroatoms. The van der Waals surface area contributed by atoms with Gasteiger partial charge in [-0.2, -0.15) is 0 Å². The van der Waals surface area contributed by atoms with Crippen LogP contribution in [0.25, 0.3) is 0 Å². The van der Waals surface area contributed by atoms with E-state index in [0.29, 0.717) is 12.8 Å². The zero-order chi connectivity index (χ0) is 15.0. The third-order valence-corrected chi connectivity index (χ3v) is 4.54. The SMILES string of the molecule is Cc1ccc(F)cc1CN1CC(=O)NC2(CCCC2)C1=O. The van der Waals surface area contributed by atoms with Crippen LogP contribution in [0.1, 0.15) is 36.8 Å². The summed E-state index contributed by atoms with van der Waals surface area (Å²) in [7, 11) is 0. The summed E-state index contributed by atoms with van der Waals surface area (Å²) in [6.45, 7) is 2.22. The number of benzene rings is 1. The molecule has 1 aromatic carbocycles. The van der Waals surface area contributed by atoms with Gasteiger partial charge >= 0.3 is 0 Å². The van der Waals surface area contributed by atoms with E-state index in [9.17, 15) is 14.0 Å². The van der Waals surface area contributed by atoms with E-state index in [0.717, 1.165) is 24.0 Å². The Morgan fingerprint density at radius 2 is 2.00 bits per heavy atom. The van der Waals surface area contributed by atoms with Crippen molar-refractivity contribution in [3.8, 4) is 0 Å². The highest BCUT2D eigenvalue weighted by Crippen LogP contribution is 2.33. The van der Waals surface area contributed by atoms with Crippen LogP contribution in [-0.2, 0) is 16.1 Å². The molecule has 2 amide bonds. The first-order valence-corrected chi connectivity index (χ1v) is 7.36. The van der Waals surface area contributed by atoms with Gasteiger partial charge in [-0.1, -0.05) is 18.9 Å². The molecule has 0 aromatic heterocycles. The summed E-state index contributed by atoms with van der Waals surface area (Å²) in [5.74, 6) is -0.464. The monoisotopic (exact) mass is 290 g/mol. The molecule has 0 bridgehead atoms. The van der Waals surface area contributed by atoms with Crippen molar-refractivity contribution in [3.05, 3.63) is 35.1 Å².